The van der Waals surface area contributed by atoms with E-state index in [4.69, 9.17) is 0 Å². The van der Waals surface area contributed by atoms with E-state index in [9.17, 15) is 9.18 Å². The molecule has 0 aliphatic heterocycles. The Morgan fingerprint density at radius 2 is 1.79 bits per heavy atom. The van der Waals surface area contributed by atoms with Crippen LogP contribution in [0.5, 0.6) is 0 Å². The van der Waals surface area contributed by atoms with Crippen LogP contribution < -0.4 is 5.32 Å². The Bertz CT molecular complexity index is 984. The lowest BCUT2D eigenvalue weighted by Gasteiger charge is -2.18. The molecule has 1 heterocycles. The summed E-state index contributed by atoms with van der Waals surface area (Å²) in [5.41, 5.74) is 1.44. The molecule has 0 bridgehead atoms. The zero-order valence-electron chi connectivity index (χ0n) is 16.4. The smallest absolute Gasteiger partial charge is 0.242 e. The molecule has 4 rings (SSSR count). The standard InChI is InChI=1S/C22H23FN4OS/c1-14(2)20-25-26-22(27(20)18-12-13-18)29-19(15-6-4-3-5-7-15)21(28)24-17-10-8-16(23)9-11-17/h3-11,14,18-19H,12-13H2,1-2H3,(H,24,28). The first-order chi connectivity index (χ1) is 14.0. The lowest BCUT2D eigenvalue weighted by Crippen LogP contribution is -2.19. The average molecular weight is 411 g/mol. The molecule has 2 aromatic carbocycles. The second kappa shape index (κ2) is 8.37. The van der Waals surface area contributed by atoms with Gasteiger partial charge in [-0.05, 0) is 42.7 Å². The summed E-state index contributed by atoms with van der Waals surface area (Å²) < 4.78 is 15.4. The first-order valence-electron chi connectivity index (χ1n) is 9.75. The van der Waals surface area contributed by atoms with Crippen molar-refractivity contribution in [3.05, 3.63) is 71.8 Å². The third-order valence-corrected chi connectivity index (χ3v) is 6.01. The minimum absolute atomic E-state index is 0.177. The van der Waals surface area contributed by atoms with Gasteiger partial charge in [-0.3, -0.25) is 4.79 Å². The Balaban J connectivity index is 1.63. The van der Waals surface area contributed by atoms with Gasteiger partial charge in [0.25, 0.3) is 0 Å². The van der Waals surface area contributed by atoms with Crippen LogP contribution in [0, 0.1) is 5.82 Å². The van der Waals surface area contributed by atoms with Crippen molar-refractivity contribution in [3.8, 4) is 0 Å². The molecule has 3 aromatic rings. The topological polar surface area (TPSA) is 59.8 Å². The molecule has 1 aromatic heterocycles. The second-order valence-electron chi connectivity index (χ2n) is 7.50. The van der Waals surface area contributed by atoms with Crippen LogP contribution in [0.25, 0.3) is 0 Å². The molecule has 1 unspecified atom stereocenters. The minimum atomic E-state index is -0.497. The van der Waals surface area contributed by atoms with Crippen molar-refractivity contribution in [2.24, 2.45) is 0 Å². The fourth-order valence-corrected chi connectivity index (χ4v) is 4.30. The Labute approximate surface area is 173 Å². The molecule has 1 saturated carbocycles. The van der Waals surface area contributed by atoms with E-state index in [-0.39, 0.29) is 17.6 Å². The van der Waals surface area contributed by atoms with E-state index in [0.29, 0.717) is 11.7 Å². The maximum atomic E-state index is 13.2. The summed E-state index contributed by atoms with van der Waals surface area (Å²) in [4.78, 5) is 13.2. The van der Waals surface area contributed by atoms with E-state index >= 15 is 0 Å². The van der Waals surface area contributed by atoms with E-state index in [1.165, 1.54) is 23.9 Å². The molecule has 1 atom stereocenters. The number of nitrogens with zero attached hydrogens (tertiary/aromatic N) is 3. The van der Waals surface area contributed by atoms with Crippen LogP contribution in [-0.4, -0.2) is 20.7 Å². The number of thioether (sulfide) groups is 1. The Kier molecular flexibility index (Phi) is 5.67. The van der Waals surface area contributed by atoms with E-state index in [1.54, 1.807) is 12.1 Å². The summed E-state index contributed by atoms with van der Waals surface area (Å²) in [6.07, 6.45) is 2.23. The normalized spacial score (nSPS) is 14.8. The number of carbonyl (C=O) groups excluding carboxylic acids is 1. The van der Waals surface area contributed by atoms with Crippen LogP contribution in [0.1, 0.15) is 55.3 Å². The summed E-state index contributed by atoms with van der Waals surface area (Å²) in [6.45, 7) is 4.21. The highest BCUT2D eigenvalue weighted by Crippen LogP contribution is 2.43. The number of anilines is 1. The van der Waals surface area contributed by atoms with Crippen LogP contribution in [-0.2, 0) is 4.79 Å². The highest BCUT2D eigenvalue weighted by molar-refractivity contribution is 8.00. The first kappa shape index (κ1) is 19.6. The van der Waals surface area contributed by atoms with Crippen molar-refractivity contribution in [1.82, 2.24) is 14.8 Å². The maximum absolute atomic E-state index is 13.2. The largest absolute Gasteiger partial charge is 0.325 e. The molecular formula is C22H23FN4OS. The van der Waals surface area contributed by atoms with Gasteiger partial charge in [0.05, 0.1) is 0 Å². The van der Waals surface area contributed by atoms with Crippen molar-refractivity contribution in [2.45, 2.75) is 49.1 Å². The Hall–Kier alpha value is -2.67. The number of hydrogen-bond acceptors (Lipinski definition) is 4. The van der Waals surface area contributed by atoms with E-state index < -0.39 is 5.25 Å². The number of benzene rings is 2. The van der Waals surface area contributed by atoms with Crippen LogP contribution in [0.15, 0.2) is 59.8 Å². The van der Waals surface area contributed by atoms with E-state index in [2.05, 4.69) is 33.9 Å². The first-order valence-corrected chi connectivity index (χ1v) is 10.6. The molecule has 150 valence electrons. The summed E-state index contributed by atoms with van der Waals surface area (Å²) in [5.74, 6) is 0.710. The molecule has 1 aliphatic carbocycles. The molecule has 0 radical (unpaired) electrons. The van der Waals surface area contributed by atoms with Gasteiger partial charge in [0.1, 0.15) is 16.9 Å². The number of rotatable bonds is 7. The van der Waals surface area contributed by atoms with Crippen LogP contribution in [0.2, 0.25) is 0 Å². The van der Waals surface area contributed by atoms with Gasteiger partial charge in [0.2, 0.25) is 5.91 Å². The number of carbonyl (C=O) groups is 1. The predicted molar refractivity (Wildman–Crippen MR) is 112 cm³/mol. The van der Waals surface area contributed by atoms with E-state index in [1.807, 2.05) is 30.3 Å². The van der Waals surface area contributed by atoms with Crippen molar-refractivity contribution < 1.29 is 9.18 Å². The zero-order valence-corrected chi connectivity index (χ0v) is 17.2. The minimum Gasteiger partial charge on any atom is -0.325 e. The number of nitrogens with one attached hydrogen (secondary N) is 1. The third-order valence-electron chi connectivity index (χ3n) is 4.79. The van der Waals surface area contributed by atoms with E-state index in [0.717, 1.165) is 29.4 Å². The van der Waals surface area contributed by atoms with Crippen molar-refractivity contribution in [3.63, 3.8) is 0 Å². The summed E-state index contributed by atoms with van der Waals surface area (Å²) in [7, 11) is 0. The molecule has 0 spiro atoms. The predicted octanol–water partition coefficient (Wildman–Crippen LogP) is 5.35. The number of hydrogen-bond donors (Lipinski definition) is 1. The van der Waals surface area contributed by atoms with Crippen LogP contribution in [0.3, 0.4) is 0 Å². The highest BCUT2D eigenvalue weighted by atomic mass is 32.2. The van der Waals surface area contributed by atoms with Gasteiger partial charge in [-0.15, -0.1) is 10.2 Å². The monoisotopic (exact) mass is 410 g/mol. The molecule has 0 saturated heterocycles. The lowest BCUT2D eigenvalue weighted by atomic mass is 10.1. The SMILES string of the molecule is CC(C)c1nnc(SC(C(=O)Nc2ccc(F)cc2)c2ccccc2)n1C1CC1. The maximum Gasteiger partial charge on any atom is 0.242 e. The molecule has 1 aliphatic rings. The zero-order chi connectivity index (χ0) is 20.4. The van der Waals surface area contributed by atoms with Gasteiger partial charge >= 0.3 is 0 Å². The fraction of sp³-hybridized carbons (Fsp3) is 0.318. The van der Waals surface area contributed by atoms with Gasteiger partial charge < -0.3 is 9.88 Å². The van der Waals surface area contributed by atoms with Crippen molar-refractivity contribution in [2.75, 3.05) is 5.32 Å². The van der Waals surface area contributed by atoms with Gasteiger partial charge in [0, 0.05) is 17.6 Å². The summed E-state index contributed by atoms with van der Waals surface area (Å²) >= 11 is 1.41. The Morgan fingerprint density at radius 3 is 2.41 bits per heavy atom. The van der Waals surface area contributed by atoms with Gasteiger partial charge in [-0.1, -0.05) is 55.9 Å². The molecule has 1 fully saturated rings. The van der Waals surface area contributed by atoms with Crippen molar-refractivity contribution in [1.29, 1.82) is 0 Å². The van der Waals surface area contributed by atoms with Crippen LogP contribution in [0.4, 0.5) is 10.1 Å². The molecule has 1 N–H and O–H groups in total. The molecule has 5 nitrogen and oxygen atoms in total. The average Bonchev–Trinajstić information content (AvgIpc) is 3.47. The molecule has 29 heavy (non-hydrogen) atoms. The second-order valence-corrected chi connectivity index (χ2v) is 8.57. The van der Waals surface area contributed by atoms with Gasteiger partial charge in [-0.2, -0.15) is 0 Å². The summed E-state index contributed by atoms with van der Waals surface area (Å²) in [5, 5.41) is 12.0. The quantitative estimate of drug-likeness (QED) is 0.534. The van der Waals surface area contributed by atoms with Crippen molar-refractivity contribution >= 4 is 23.4 Å². The third kappa shape index (κ3) is 4.50. The molecule has 7 heteroatoms. The summed E-state index contributed by atoms with van der Waals surface area (Å²) in [6, 6.07) is 15.8. The van der Waals surface area contributed by atoms with Gasteiger partial charge in [-0.25, -0.2) is 4.39 Å². The number of halogens is 1. The highest BCUT2D eigenvalue weighted by Gasteiger charge is 2.33. The molecular weight excluding hydrogens is 387 g/mol. The number of aromatic nitrogens is 3. The fourth-order valence-electron chi connectivity index (χ4n) is 3.19. The van der Waals surface area contributed by atoms with Gasteiger partial charge in [0.15, 0.2) is 5.16 Å². The number of amides is 1. The van der Waals surface area contributed by atoms with Crippen LogP contribution >= 0.6 is 11.8 Å². The molecule has 1 amide bonds. The Morgan fingerprint density at radius 1 is 1.10 bits per heavy atom. The lowest BCUT2D eigenvalue weighted by molar-refractivity contribution is -0.115.